The molecule has 1 fully saturated rings. The summed E-state index contributed by atoms with van der Waals surface area (Å²) in [6, 6.07) is 14.8. The zero-order chi connectivity index (χ0) is 29.0. The van der Waals surface area contributed by atoms with Crippen LogP contribution in [-0.2, 0) is 26.0 Å². The van der Waals surface area contributed by atoms with Crippen molar-refractivity contribution >= 4 is 27.5 Å². The van der Waals surface area contributed by atoms with Crippen LogP contribution in [0.3, 0.4) is 0 Å². The van der Waals surface area contributed by atoms with Crippen LogP contribution in [0.5, 0.6) is 5.75 Å². The molecule has 0 radical (unpaired) electrons. The van der Waals surface area contributed by atoms with E-state index in [0.29, 0.717) is 25.1 Å². The Hall–Kier alpha value is -3.96. The minimum Gasteiger partial charge on any atom is -0.490 e. The molecule has 41 heavy (non-hydrogen) atoms. The summed E-state index contributed by atoms with van der Waals surface area (Å²) in [5, 5.41) is 2.95. The van der Waals surface area contributed by atoms with Crippen LogP contribution < -0.4 is 14.8 Å². The molecule has 3 heterocycles. The summed E-state index contributed by atoms with van der Waals surface area (Å²) in [5.74, 6) is -0.0233. The third kappa shape index (κ3) is 6.86. The highest BCUT2D eigenvalue weighted by molar-refractivity contribution is 7.92. The Kier molecular flexibility index (Phi) is 8.55. The first kappa shape index (κ1) is 28.6. The van der Waals surface area contributed by atoms with Gasteiger partial charge in [-0.25, -0.2) is 8.42 Å². The minimum atomic E-state index is -3.83. The number of likely N-dealkylation sites (N-methyl/N-ethyl adjacent to an activating group) is 1. The first-order valence-electron chi connectivity index (χ1n) is 13.6. The van der Waals surface area contributed by atoms with Gasteiger partial charge < -0.3 is 19.7 Å². The van der Waals surface area contributed by atoms with Crippen LogP contribution in [0.4, 0.5) is 5.69 Å². The van der Waals surface area contributed by atoms with Crippen molar-refractivity contribution in [3.05, 3.63) is 83.7 Å². The Balaban J connectivity index is 1.21. The van der Waals surface area contributed by atoms with E-state index in [1.54, 1.807) is 48.6 Å². The summed E-state index contributed by atoms with van der Waals surface area (Å²) in [7, 11) is -2.11. The standard InChI is InChI=1S/C30H34N4O6S/c1-20-3-7-24(8-4-20)41(37,38)33-22-5-10-27-25(17-22)30(36)34(2)26-9-6-23(40-28(26)19-39-27)18-29(35)32-16-13-21-11-14-31-15-12-21/h3-5,7-8,10-12,14-15,17,23,26,28,33H,6,9,13,16,18-19H2,1-2H3,(H,32,35)/t23-,26+,28+/m1/s1. The van der Waals surface area contributed by atoms with Gasteiger partial charge >= 0.3 is 0 Å². The molecule has 2 aliphatic rings. The monoisotopic (exact) mass is 578 g/mol. The lowest BCUT2D eigenvalue weighted by Gasteiger charge is -2.42. The molecule has 216 valence electrons. The first-order valence-corrected chi connectivity index (χ1v) is 15.1. The molecule has 2 aliphatic heterocycles. The molecule has 1 aromatic heterocycles. The summed E-state index contributed by atoms with van der Waals surface area (Å²) in [5.41, 5.74) is 2.59. The third-order valence-electron chi connectivity index (χ3n) is 7.49. The van der Waals surface area contributed by atoms with E-state index in [4.69, 9.17) is 9.47 Å². The van der Waals surface area contributed by atoms with E-state index >= 15 is 0 Å². The molecule has 2 N–H and O–H groups in total. The van der Waals surface area contributed by atoms with Crippen molar-refractivity contribution in [2.45, 2.75) is 55.8 Å². The third-order valence-corrected chi connectivity index (χ3v) is 8.89. The van der Waals surface area contributed by atoms with E-state index in [0.717, 1.165) is 17.5 Å². The van der Waals surface area contributed by atoms with Crippen LogP contribution in [0.1, 0.15) is 40.7 Å². The number of carbonyl (C=O) groups excluding carboxylic acids is 2. The number of sulfonamides is 1. The van der Waals surface area contributed by atoms with Crippen LogP contribution >= 0.6 is 0 Å². The molecule has 0 bridgehead atoms. The van der Waals surface area contributed by atoms with Crippen molar-refractivity contribution in [1.29, 1.82) is 0 Å². The molecule has 1 saturated heterocycles. The Morgan fingerprint density at radius 3 is 2.59 bits per heavy atom. The molecule has 11 heteroatoms. The van der Waals surface area contributed by atoms with Gasteiger partial charge in [-0.1, -0.05) is 17.7 Å². The molecular formula is C30H34N4O6S. The summed E-state index contributed by atoms with van der Waals surface area (Å²) < 4.78 is 40.6. The predicted octanol–water partition coefficient (Wildman–Crippen LogP) is 3.32. The average molecular weight is 579 g/mol. The molecule has 0 aliphatic carbocycles. The Labute approximate surface area is 240 Å². The fraction of sp³-hybridized carbons (Fsp3) is 0.367. The number of pyridine rings is 1. The number of nitrogens with one attached hydrogen (secondary N) is 2. The van der Waals surface area contributed by atoms with E-state index in [1.807, 2.05) is 19.1 Å². The number of nitrogens with zero attached hydrogens (tertiary/aromatic N) is 2. The number of benzene rings is 2. The predicted molar refractivity (Wildman–Crippen MR) is 153 cm³/mol. The molecular weight excluding hydrogens is 544 g/mol. The van der Waals surface area contributed by atoms with E-state index < -0.39 is 16.1 Å². The van der Waals surface area contributed by atoms with Crippen molar-refractivity contribution in [3.8, 4) is 5.75 Å². The van der Waals surface area contributed by atoms with Crippen molar-refractivity contribution in [2.75, 3.05) is 24.9 Å². The fourth-order valence-electron chi connectivity index (χ4n) is 5.20. The quantitative estimate of drug-likeness (QED) is 0.420. The summed E-state index contributed by atoms with van der Waals surface area (Å²) >= 11 is 0. The summed E-state index contributed by atoms with van der Waals surface area (Å²) in [4.78, 5) is 31.8. The topological polar surface area (TPSA) is 127 Å². The minimum absolute atomic E-state index is 0.0790. The lowest BCUT2D eigenvalue weighted by Crippen LogP contribution is -2.54. The van der Waals surface area contributed by atoms with Crippen LogP contribution in [0, 0.1) is 6.92 Å². The number of amides is 2. The van der Waals surface area contributed by atoms with E-state index in [9.17, 15) is 18.0 Å². The molecule has 3 atom stereocenters. The van der Waals surface area contributed by atoms with Crippen LogP contribution in [0.25, 0.3) is 0 Å². The number of carbonyl (C=O) groups is 2. The second kappa shape index (κ2) is 12.3. The second-order valence-electron chi connectivity index (χ2n) is 10.5. The first-order chi connectivity index (χ1) is 19.7. The van der Waals surface area contributed by atoms with Gasteiger partial charge in [0.15, 0.2) is 0 Å². The molecule has 10 nitrogen and oxygen atoms in total. The number of anilines is 1. The number of hydrogen-bond acceptors (Lipinski definition) is 7. The number of rotatable bonds is 8. The van der Waals surface area contributed by atoms with Crippen LogP contribution in [0.15, 0.2) is 71.9 Å². The molecule has 2 amide bonds. The fourth-order valence-corrected chi connectivity index (χ4v) is 6.25. The van der Waals surface area contributed by atoms with E-state index in [1.165, 1.54) is 18.2 Å². The maximum Gasteiger partial charge on any atom is 0.261 e. The maximum atomic E-state index is 13.5. The van der Waals surface area contributed by atoms with Crippen molar-refractivity contribution in [3.63, 3.8) is 0 Å². The van der Waals surface area contributed by atoms with Gasteiger partial charge in [-0.05, 0) is 74.2 Å². The zero-order valence-corrected chi connectivity index (χ0v) is 23.9. The lowest BCUT2D eigenvalue weighted by molar-refractivity contribution is -0.134. The van der Waals surface area contributed by atoms with Crippen molar-refractivity contribution < 1.29 is 27.5 Å². The molecule has 5 rings (SSSR count). The highest BCUT2D eigenvalue weighted by Crippen LogP contribution is 2.33. The Morgan fingerprint density at radius 2 is 1.83 bits per heavy atom. The van der Waals surface area contributed by atoms with Gasteiger partial charge in [-0.15, -0.1) is 0 Å². The number of fused-ring (bicyclic) bond motifs is 2. The SMILES string of the molecule is Cc1ccc(S(=O)(=O)Nc2ccc3c(c2)C(=O)N(C)[C@H]2CC[C@H](CC(=O)NCCc4ccncc4)O[C@H]2CO3)cc1. The molecule has 0 spiro atoms. The molecule has 0 unspecified atom stereocenters. The lowest BCUT2D eigenvalue weighted by atomic mass is 9.94. The van der Waals surface area contributed by atoms with Gasteiger partial charge in [0, 0.05) is 31.7 Å². The number of hydrogen-bond donors (Lipinski definition) is 2. The van der Waals surface area contributed by atoms with Crippen LogP contribution in [0.2, 0.25) is 0 Å². The van der Waals surface area contributed by atoms with Gasteiger partial charge in [-0.2, -0.15) is 0 Å². The Morgan fingerprint density at radius 1 is 1.07 bits per heavy atom. The van der Waals surface area contributed by atoms with E-state index in [-0.39, 0.29) is 53.1 Å². The van der Waals surface area contributed by atoms with Gasteiger partial charge in [0.2, 0.25) is 5.91 Å². The smallest absolute Gasteiger partial charge is 0.261 e. The number of aromatic nitrogens is 1. The summed E-state index contributed by atoms with van der Waals surface area (Å²) in [6.07, 6.45) is 5.01. The van der Waals surface area contributed by atoms with Gasteiger partial charge in [-0.3, -0.25) is 19.3 Å². The number of aryl methyl sites for hydroxylation is 1. The second-order valence-corrected chi connectivity index (χ2v) is 12.1. The average Bonchev–Trinajstić information content (AvgIpc) is 2.96. The summed E-state index contributed by atoms with van der Waals surface area (Å²) in [6.45, 7) is 2.61. The van der Waals surface area contributed by atoms with Gasteiger partial charge in [0.05, 0.1) is 29.0 Å². The maximum absolute atomic E-state index is 13.5. The Bertz CT molecular complexity index is 1500. The highest BCUT2D eigenvalue weighted by atomic mass is 32.2. The van der Waals surface area contributed by atoms with Gasteiger partial charge in [0.1, 0.15) is 18.5 Å². The molecule has 2 aromatic carbocycles. The molecule has 3 aromatic rings. The zero-order valence-electron chi connectivity index (χ0n) is 23.1. The van der Waals surface area contributed by atoms with Crippen molar-refractivity contribution in [2.24, 2.45) is 0 Å². The van der Waals surface area contributed by atoms with Gasteiger partial charge in [0.25, 0.3) is 15.9 Å². The highest BCUT2D eigenvalue weighted by Gasteiger charge is 2.39. The number of ether oxygens (including phenoxy) is 2. The van der Waals surface area contributed by atoms with Crippen molar-refractivity contribution in [1.82, 2.24) is 15.2 Å². The largest absolute Gasteiger partial charge is 0.490 e. The van der Waals surface area contributed by atoms with E-state index in [2.05, 4.69) is 15.0 Å². The van der Waals surface area contributed by atoms with Crippen LogP contribution in [-0.4, -0.2) is 68.6 Å². The normalized spacial score (nSPS) is 20.6. The molecule has 0 saturated carbocycles.